The number of benzene rings is 3. The molecule has 1 atom stereocenters. The summed E-state index contributed by atoms with van der Waals surface area (Å²) in [4.78, 5) is 40.6. The number of alkyl carbamates (subject to hydrolysis) is 1. The molecule has 5 rings (SSSR count). The summed E-state index contributed by atoms with van der Waals surface area (Å²) in [6.45, 7) is 3.69. The number of rotatable bonds is 9. The Balaban J connectivity index is 1.29. The van der Waals surface area contributed by atoms with E-state index in [1.165, 1.54) is 5.56 Å². The Morgan fingerprint density at radius 3 is 2.08 bits per heavy atom. The van der Waals surface area contributed by atoms with Crippen LogP contribution in [-0.2, 0) is 20.9 Å². The zero-order valence-electron chi connectivity index (χ0n) is 22.6. The number of fused-ring (bicyclic) bond motifs is 3. The number of hydrogen-bond acceptors (Lipinski definition) is 5. The number of piperidine rings is 1. The number of carbonyl (C=O) groups excluding carboxylic acids is 2. The van der Waals surface area contributed by atoms with Crippen LogP contribution in [0.15, 0.2) is 78.9 Å². The number of nitrogens with zero attached hydrogens (tertiary/aromatic N) is 1. The summed E-state index contributed by atoms with van der Waals surface area (Å²) in [6.07, 6.45) is 0.233. The quantitative estimate of drug-likeness (QED) is 0.367. The number of carboxylic acids is 1. The van der Waals surface area contributed by atoms with E-state index < -0.39 is 29.6 Å². The molecule has 0 radical (unpaired) electrons. The van der Waals surface area contributed by atoms with Gasteiger partial charge in [-0.1, -0.05) is 85.8 Å². The van der Waals surface area contributed by atoms with Gasteiger partial charge in [0, 0.05) is 25.6 Å². The maximum atomic E-state index is 13.5. The molecule has 1 heterocycles. The Kier molecular flexibility index (Phi) is 8.16. The molecular formula is C32H35N3O5. The number of hydrogen-bond donors (Lipinski definition) is 3. The van der Waals surface area contributed by atoms with Gasteiger partial charge in [-0.3, -0.25) is 9.69 Å². The normalized spacial score (nSPS) is 16.8. The average molecular weight is 542 g/mol. The SMILES string of the molecule is CC[C@@H](NC(=O)C1(NC(=O)OCC2c3ccccc3-c3ccccc32)CCN(Cc2ccccc2)CC1)C(=O)O. The topological polar surface area (TPSA) is 108 Å². The molecule has 8 heteroatoms. The van der Waals surface area contributed by atoms with Crippen molar-refractivity contribution in [1.29, 1.82) is 0 Å². The van der Waals surface area contributed by atoms with E-state index in [2.05, 4.69) is 51.9 Å². The largest absolute Gasteiger partial charge is 0.480 e. The van der Waals surface area contributed by atoms with E-state index in [0.29, 0.717) is 25.9 Å². The summed E-state index contributed by atoms with van der Waals surface area (Å²) in [5.74, 6) is -1.70. The molecule has 8 nitrogen and oxygen atoms in total. The molecule has 0 aromatic heterocycles. The Morgan fingerprint density at radius 2 is 1.50 bits per heavy atom. The Bertz CT molecular complexity index is 1320. The first-order valence-electron chi connectivity index (χ1n) is 13.8. The van der Waals surface area contributed by atoms with E-state index in [0.717, 1.165) is 28.8 Å². The summed E-state index contributed by atoms with van der Waals surface area (Å²) in [6, 6.07) is 25.2. The van der Waals surface area contributed by atoms with Crippen LogP contribution in [-0.4, -0.2) is 59.3 Å². The zero-order chi connectivity index (χ0) is 28.1. The molecule has 3 aromatic rings. The summed E-state index contributed by atoms with van der Waals surface area (Å²) < 4.78 is 5.76. The van der Waals surface area contributed by atoms with Crippen molar-refractivity contribution in [3.05, 3.63) is 95.6 Å². The predicted octanol–water partition coefficient (Wildman–Crippen LogP) is 4.54. The van der Waals surface area contributed by atoms with Gasteiger partial charge in [-0.2, -0.15) is 0 Å². The number of amides is 2. The highest BCUT2D eigenvalue weighted by atomic mass is 16.5. The van der Waals surface area contributed by atoms with E-state index in [1.807, 2.05) is 42.5 Å². The maximum absolute atomic E-state index is 13.5. The molecule has 1 aliphatic heterocycles. The first-order valence-corrected chi connectivity index (χ1v) is 13.8. The molecule has 3 aromatic carbocycles. The van der Waals surface area contributed by atoms with Gasteiger partial charge in [-0.25, -0.2) is 9.59 Å². The fourth-order valence-corrected chi connectivity index (χ4v) is 5.81. The molecule has 40 heavy (non-hydrogen) atoms. The van der Waals surface area contributed by atoms with E-state index in [4.69, 9.17) is 4.74 Å². The van der Waals surface area contributed by atoms with Crippen LogP contribution in [0.25, 0.3) is 11.1 Å². The van der Waals surface area contributed by atoms with Gasteiger partial charge in [0.1, 0.15) is 18.2 Å². The summed E-state index contributed by atoms with van der Waals surface area (Å²) in [5, 5.41) is 15.0. The smallest absolute Gasteiger partial charge is 0.408 e. The van der Waals surface area contributed by atoms with E-state index in [-0.39, 0.29) is 18.9 Å². The van der Waals surface area contributed by atoms with Gasteiger partial charge < -0.3 is 20.5 Å². The summed E-state index contributed by atoms with van der Waals surface area (Å²) in [7, 11) is 0. The molecule has 1 fully saturated rings. The van der Waals surface area contributed by atoms with Gasteiger partial charge in [0.25, 0.3) is 0 Å². The molecule has 2 aliphatic rings. The predicted molar refractivity (Wildman–Crippen MR) is 152 cm³/mol. The minimum absolute atomic E-state index is 0.105. The van der Waals surface area contributed by atoms with Gasteiger partial charge in [0.2, 0.25) is 5.91 Å². The first-order chi connectivity index (χ1) is 19.4. The van der Waals surface area contributed by atoms with E-state index in [9.17, 15) is 19.5 Å². The zero-order valence-corrected chi connectivity index (χ0v) is 22.6. The third-order valence-electron chi connectivity index (χ3n) is 8.09. The van der Waals surface area contributed by atoms with Crippen molar-refractivity contribution < 1.29 is 24.2 Å². The molecule has 2 amide bonds. The second-order valence-electron chi connectivity index (χ2n) is 10.6. The maximum Gasteiger partial charge on any atom is 0.408 e. The molecule has 1 aliphatic carbocycles. The van der Waals surface area contributed by atoms with Crippen LogP contribution in [0.2, 0.25) is 0 Å². The summed E-state index contributed by atoms with van der Waals surface area (Å²) in [5.41, 5.74) is 4.37. The molecule has 1 saturated heterocycles. The molecule has 208 valence electrons. The highest BCUT2D eigenvalue weighted by molar-refractivity contribution is 5.93. The third-order valence-corrected chi connectivity index (χ3v) is 8.09. The van der Waals surface area contributed by atoms with Gasteiger partial charge in [0.05, 0.1) is 0 Å². The number of carbonyl (C=O) groups is 3. The number of ether oxygens (including phenoxy) is 1. The monoisotopic (exact) mass is 541 g/mol. The standard InChI is InChI=1S/C32H35N3O5/c1-2-28(29(36)37)33-30(38)32(16-18-35(19-17-32)20-22-10-4-3-5-11-22)34-31(39)40-21-27-25-14-8-6-12-23(25)24-13-7-9-15-26(24)27/h3-15,27-28H,2,16-21H2,1H3,(H,33,38)(H,34,39)(H,36,37)/t28-/m1/s1. The van der Waals surface area contributed by atoms with Crippen molar-refractivity contribution in [2.75, 3.05) is 19.7 Å². The molecular weight excluding hydrogens is 506 g/mol. The van der Waals surface area contributed by atoms with Gasteiger partial charge in [-0.15, -0.1) is 0 Å². The first kappa shape index (κ1) is 27.4. The third kappa shape index (κ3) is 5.72. The fraction of sp³-hybridized carbons (Fsp3) is 0.344. The van der Waals surface area contributed by atoms with Crippen LogP contribution in [0.3, 0.4) is 0 Å². The average Bonchev–Trinajstić information content (AvgIpc) is 3.29. The molecule has 0 saturated carbocycles. The Labute approximate surface area is 234 Å². The van der Waals surface area contributed by atoms with Crippen LogP contribution in [0.4, 0.5) is 4.79 Å². The Hall–Kier alpha value is -4.17. The molecule has 0 unspecified atom stereocenters. The van der Waals surface area contributed by atoms with Crippen molar-refractivity contribution in [2.45, 2.75) is 50.2 Å². The molecule has 3 N–H and O–H groups in total. The fourth-order valence-electron chi connectivity index (χ4n) is 5.81. The van der Waals surface area contributed by atoms with Crippen molar-refractivity contribution in [2.24, 2.45) is 0 Å². The van der Waals surface area contributed by atoms with E-state index >= 15 is 0 Å². The van der Waals surface area contributed by atoms with Crippen molar-refractivity contribution in [3.8, 4) is 11.1 Å². The highest BCUT2D eigenvalue weighted by Gasteiger charge is 2.44. The minimum atomic E-state index is -1.27. The minimum Gasteiger partial charge on any atom is -0.480 e. The van der Waals surface area contributed by atoms with Crippen molar-refractivity contribution >= 4 is 18.0 Å². The lowest BCUT2D eigenvalue weighted by Gasteiger charge is -2.41. The lowest BCUT2D eigenvalue weighted by atomic mass is 9.86. The second-order valence-corrected chi connectivity index (χ2v) is 10.6. The number of carboxylic acid groups (broad SMARTS) is 1. The number of likely N-dealkylation sites (tertiary alicyclic amines) is 1. The lowest BCUT2D eigenvalue weighted by molar-refractivity contribution is -0.143. The van der Waals surface area contributed by atoms with Crippen LogP contribution in [0.5, 0.6) is 0 Å². The van der Waals surface area contributed by atoms with Gasteiger partial charge in [0.15, 0.2) is 0 Å². The lowest BCUT2D eigenvalue weighted by Crippen LogP contribution is -2.64. The van der Waals surface area contributed by atoms with Crippen LogP contribution in [0.1, 0.15) is 48.8 Å². The van der Waals surface area contributed by atoms with Crippen LogP contribution in [0, 0.1) is 0 Å². The second kappa shape index (κ2) is 11.9. The number of nitrogens with one attached hydrogen (secondary N) is 2. The Morgan fingerprint density at radius 1 is 0.925 bits per heavy atom. The van der Waals surface area contributed by atoms with E-state index in [1.54, 1.807) is 6.92 Å². The number of aliphatic carboxylic acids is 1. The van der Waals surface area contributed by atoms with Crippen LogP contribution < -0.4 is 10.6 Å². The highest BCUT2D eigenvalue weighted by Crippen LogP contribution is 2.44. The van der Waals surface area contributed by atoms with Crippen molar-refractivity contribution in [3.63, 3.8) is 0 Å². The van der Waals surface area contributed by atoms with Gasteiger partial charge in [-0.05, 0) is 47.1 Å². The molecule has 0 spiro atoms. The van der Waals surface area contributed by atoms with Crippen molar-refractivity contribution in [1.82, 2.24) is 15.5 Å². The van der Waals surface area contributed by atoms with Crippen LogP contribution >= 0.6 is 0 Å². The summed E-state index contributed by atoms with van der Waals surface area (Å²) >= 11 is 0. The molecule has 0 bridgehead atoms. The van der Waals surface area contributed by atoms with Gasteiger partial charge >= 0.3 is 12.1 Å².